The first-order chi connectivity index (χ1) is 16.1. The third kappa shape index (κ3) is 4.47. The molecule has 2 atom stereocenters. The van der Waals surface area contributed by atoms with Crippen LogP contribution >= 0.6 is 35.3 Å². The second-order valence-corrected chi connectivity index (χ2v) is 9.87. The predicted octanol–water partition coefficient (Wildman–Crippen LogP) is 6.38. The zero-order chi connectivity index (χ0) is 22.8. The summed E-state index contributed by atoms with van der Waals surface area (Å²) in [5.41, 5.74) is 2.04. The Bertz CT molecular complexity index is 1260. The van der Waals surface area contributed by atoms with Gasteiger partial charge in [0.2, 0.25) is 0 Å². The fourth-order valence-electron chi connectivity index (χ4n) is 3.83. The maximum absolute atomic E-state index is 10.9. The van der Waals surface area contributed by atoms with E-state index in [9.17, 15) is 10.1 Å². The number of benzene rings is 2. The number of rotatable bonds is 6. The molecule has 3 heterocycles. The van der Waals surface area contributed by atoms with Crippen LogP contribution in [0.4, 0.5) is 11.4 Å². The normalized spacial score (nSPS) is 17.7. The molecule has 5 rings (SSSR count). The van der Waals surface area contributed by atoms with Crippen molar-refractivity contribution < 1.29 is 4.92 Å². The molecule has 0 saturated carbocycles. The molecule has 9 heteroatoms. The van der Waals surface area contributed by atoms with Crippen LogP contribution in [0.25, 0.3) is 0 Å². The minimum Gasteiger partial charge on any atom is -0.351 e. The van der Waals surface area contributed by atoms with E-state index >= 15 is 0 Å². The molecule has 0 aliphatic carbocycles. The molecule has 1 N–H and O–H groups in total. The lowest BCUT2D eigenvalue weighted by Gasteiger charge is -2.27. The summed E-state index contributed by atoms with van der Waals surface area (Å²) in [6.07, 6.45) is 1.80. The Morgan fingerprint density at radius 1 is 1.00 bits per heavy atom. The van der Waals surface area contributed by atoms with Crippen LogP contribution < -0.4 is 10.2 Å². The van der Waals surface area contributed by atoms with Gasteiger partial charge in [0, 0.05) is 38.7 Å². The third-order valence-electron chi connectivity index (χ3n) is 5.33. The summed E-state index contributed by atoms with van der Waals surface area (Å²) in [6, 6.07) is 24.8. The van der Waals surface area contributed by atoms with Crippen molar-refractivity contribution >= 4 is 51.8 Å². The topological polar surface area (TPSA) is 71.3 Å². The zero-order valence-electron chi connectivity index (χ0n) is 17.2. The number of anilines is 1. The second-order valence-electron chi connectivity index (χ2n) is 7.36. The summed E-state index contributed by atoms with van der Waals surface area (Å²) in [5, 5.41) is 17.1. The smallest absolute Gasteiger partial charge is 0.269 e. The first-order valence-corrected chi connectivity index (χ1v) is 12.3. The number of nitro groups is 1. The third-order valence-corrected chi connectivity index (χ3v) is 7.60. The fraction of sp³-hybridized carbons (Fsp3) is 0.0833. The van der Waals surface area contributed by atoms with Crippen LogP contribution in [-0.4, -0.2) is 15.0 Å². The van der Waals surface area contributed by atoms with Gasteiger partial charge >= 0.3 is 0 Å². The lowest BCUT2D eigenvalue weighted by Crippen LogP contribution is -2.28. The van der Waals surface area contributed by atoms with E-state index in [1.54, 1.807) is 41.4 Å². The van der Waals surface area contributed by atoms with Gasteiger partial charge in [0.1, 0.15) is 0 Å². The van der Waals surface area contributed by atoms with E-state index in [1.807, 2.05) is 30.3 Å². The van der Waals surface area contributed by atoms with E-state index in [-0.39, 0.29) is 17.8 Å². The van der Waals surface area contributed by atoms with E-state index in [0.717, 1.165) is 21.2 Å². The van der Waals surface area contributed by atoms with Crippen molar-refractivity contribution in [2.24, 2.45) is 0 Å². The number of pyridine rings is 1. The van der Waals surface area contributed by atoms with Crippen molar-refractivity contribution in [3.05, 3.63) is 111 Å². The Hall–Kier alpha value is -3.27. The summed E-state index contributed by atoms with van der Waals surface area (Å²) in [6.45, 7) is 0. The van der Waals surface area contributed by atoms with Crippen LogP contribution in [0, 0.1) is 10.1 Å². The molecule has 0 unspecified atom stereocenters. The second kappa shape index (κ2) is 9.30. The summed E-state index contributed by atoms with van der Waals surface area (Å²) >= 11 is 9.02. The maximum atomic E-state index is 10.9. The Morgan fingerprint density at radius 3 is 2.33 bits per heavy atom. The van der Waals surface area contributed by atoms with E-state index < -0.39 is 4.92 Å². The van der Waals surface area contributed by atoms with Crippen LogP contribution in [-0.2, 0) is 0 Å². The van der Waals surface area contributed by atoms with E-state index in [0.29, 0.717) is 5.11 Å². The number of non-ortho nitro benzene ring substituents is 1. The van der Waals surface area contributed by atoms with Crippen LogP contribution in [0.5, 0.6) is 0 Å². The highest BCUT2D eigenvalue weighted by molar-refractivity contribution is 7.99. The van der Waals surface area contributed by atoms with Gasteiger partial charge in [0.15, 0.2) is 5.11 Å². The summed E-state index contributed by atoms with van der Waals surface area (Å²) < 4.78 is 0. The molecule has 2 aromatic carbocycles. The van der Waals surface area contributed by atoms with Crippen molar-refractivity contribution in [1.29, 1.82) is 0 Å². The first kappa shape index (κ1) is 21.6. The van der Waals surface area contributed by atoms with Gasteiger partial charge in [0.25, 0.3) is 5.69 Å². The van der Waals surface area contributed by atoms with Crippen LogP contribution in [0.15, 0.2) is 100 Å². The molecule has 4 aromatic rings. The molecule has 33 heavy (non-hydrogen) atoms. The molecule has 0 amide bonds. The summed E-state index contributed by atoms with van der Waals surface area (Å²) in [4.78, 5) is 20.4. The number of hydrogen-bond acceptors (Lipinski definition) is 6. The standard InChI is InChI=1S/C24H18N4O2S3/c29-28(30)17-8-12-19(13-9-17)33-18-10-6-16(7-11-18)27-23(21-5-3-15-32-21)22(26-24(27)31)20-4-1-2-14-25-20/h1-15,22-23H,(H,26,31)/t22-,23+/m1/s1. The average molecular weight is 491 g/mol. The highest BCUT2D eigenvalue weighted by Crippen LogP contribution is 2.43. The Labute approximate surface area is 204 Å². The number of hydrogen-bond donors (Lipinski definition) is 1. The van der Waals surface area contributed by atoms with Crippen molar-refractivity contribution in [3.63, 3.8) is 0 Å². The molecule has 0 bridgehead atoms. The van der Waals surface area contributed by atoms with Crippen LogP contribution in [0.3, 0.4) is 0 Å². The van der Waals surface area contributed by atoms with Crippen molar-refractivity contribution in [2.45, 2.75) is 21.9 Å². The van der Waals surface area contributed by atoms with E-state index in [2.05, 4.69) is 44.8 Å². The number of nitrogens with zero attached hydrogens (tertiary/aromatic N) is 3. The minimum absolute atomic E-state index is 0.000533. The van der Waals surface area contributed by atoms with E-state index in [4.69, 9.17) is 12.2 Å². The van der Waals surface area contributed by atoms with Gasteiger partial charge in [0.05, 0.1) is 22.7 Å². The van der Waals surface area contributed by atoms with Gasteiger partial charge in [-0.3, -0.25) is 15.1 Å². The maximum Gasteiger partial charge on any atom is 0.269 e. The van der Waals surface area contributed by atoms with Crippen molar-refractivity contribution in [2.75, 3.05) is 4.90 Å². The molecular formula is C24H18N4O2S3. The molecule has 2 aromatic heterocycles. The monoisotopic (exact) mass is 490 g/mol. The average Bonchev–Trinajstić information content (AvgIpc) is 3.48. The number of aromatic nitrogens is 1. The number of thiophene rings is 1. The molecule has 1 aliphatic heterocycles. The molecule has 1 fully saturated rings. The highest BCUT2D eigenvalue weighted by atomic mass is 32.2. The lowest BCUT2D eigenvalue weighted by molar-refractivity contribution is -0.384. The van der Waals surface area contributed by atoms with Gasteiger partial charge in [-0.1, -0.05) is 23.9 Å². The molecule has 6 nitrogen and oxygen atoms in total. The lowest BCUT2D eigenvalue weighted by atomic mass is 10.0. The van der Waals surface area contributed by atoms with Gasteiger partial charge in [-0.15, -0.1) is 11.3 Å². The minimum atomic E-state index is -0.390. The van der Waals surface area contributed by atoms with Crippen molar-refractivity contribution in [1.82, 2.24) is 10.3 Å². The summed E-state index contributed by atoms with van der Waals surface area (Å²) in [7, 11) is 0. The molecule has 164 valence electrons. The first-order valence-electron chi connectivity index (χ1n) is 10.2. The van der Waals surface area contributed by atoms with Crippen molar-refractivity contribution in [3.8, 4) is 0 Å². The van der Waals surface area contributed by atoms with Crippen LogP contribution in [0.1, 0.15) is 22.7 Å². The molecule has 1 saturated heterocycles. The van der Waals surface area contributed by atoms with Gasteiger partial charge in [-0.25, -0.2) is 0 Å². The quantitative estimate of drug-likeness (QED) is 0.191. The number of thiocarbonyl (C=S) groups is 1. The van der Waals surface area contributed by atoms with E-state index in [1.165, 1.54) is 17.0 Å². The Balaban J connectivity index is 1.41. The Kier molecular flexibility index (Phi) is 6.08. The van der Waals surface area contributed by atoms with Crippen LogP contribution in [0.2, 0.25) is 0 Å². The van der Waals surface area contributed by atoms with Gasteiger partial charge < -0.3 is 10.2 Å². The zero-order valence-corrected chi connectivity index (χ0v) is 19.6. The SMILES string of the molecule is O=[N+]([O-])c1ccc(Sc2ccc(N3C(=S)N[C@H](c4ccccn4)[C@@H]3c3cccs3)cc2)cc1. The van der Waals surface area contributed by atoms with Gasteiger partial charge in [-0.2, -0.15) is 0 Å². The van der Waals surface area contributed by atoms with Gasteiger partial charge in [-0.05, 0) is 72.2 Å². The molecule has 1 aliphatic rings. The highest BCUT2D eigenvalue weighted by Gasteiger charge is 2.41. The largest absolute Gasteiger partial charge is 0.351 e. The number of nitrogens with one attached hydrogen (secondary N) is 1. The molecule has 0 radical (unpaired) electrons. The Morgan fingerprint density at radius 2 is 1.73 bits per heavy atom. The molecule has 0 spiro atoms. The predicted molar refractivity (Wildman–Crippen MR) is 136 cm³/mol. The fourth-order valence-corrected chi connectivity index (χ4v) is 5.84. The molecular weight excluding hydrogens is 472 g/mol. The number of nitro benzene ring substituents is 1. The summed E-state index contributed by atoms with van der Waals surface area (Å²) in [5.74, 6) is 0.